The van der Waals surface area contributed by atoms with Crippen LogP contribution in [0.2, 0.25) is 0 Å². The van der Waals surface area contributed by atoms with Crippen molar-refractivity contribution in [3.8, 4) is 11.5 Å². The van der Waals surface area contributed by atoms with Gasteiger partial charge in [0, 0.05) is 24.2 Å². The van der Waals surface area contributed by atoms with Crippen molar-refractivity contribution in [2.24, 2.45) is 0 Å². The molecule has 1 aliphatic rings. The molecule has 0 unspecified atom stereocenters. The summed E-state index contributed by atoms with van der Waals surface area (Å²) in [6, 6.07) is 5.02. The summed E-state index contributed by atoms with van der Waals surface area (Å²) in [4.78, 5) is 18.2. The van der Waals surface area contributed by atoms with Gasteiger partial charge >= 0.3 is 0 Å². The zero-order valence-corrected chi connectivity index (χ0v) is 14.3. The third kappa shape index (κ3) is 2.94. The number of fused-ring (bicyclic) bond motifs is 1. The topological polar surface area (TPSA) is 63.9 Å². The minimum absolute atomic E-state index is 0.0248. The van der Waals surface area contributed by atoms with Gasteiger partial charge in [-0.25, -0.2) is 18.2 Å². The van der Waals surface area contributed by atoms with Crippen LogP contribution in [0.1, 0.15) is 21.7 Å². The molecule has 0 radical (unpaired) electrons. The van der Waals surface area contributed by atoms with E-state index in [1.807, 2.05) is 4.57 Å². The van der Waals surface area contributed by atoms with E-state index >= 15 is 0 Å². The Balaban J connectivity index is 1.60. The van der Waals surface area contributed by atoms with Crippen LogP contribution in [0, 0.1) is 24.4 Å². The molecule has 9 heteroatoms. The average Bonchev–Trinajstić information content (AvgIpc) is 3.09. The standard InChI is InChI=1S/C18H14F3N5O/c1-10-12(3-4-13(20)16(10)21)18(27)25-6-7-26-15(9-25)23-24-17(26)14-5-2-11(19)8-22-14/h2-5,8H,6-7,9H2,1H3. The van der Waals surface area contributed by atoms with Gasteiger partial charge in [0.2, 0.25) is 0 Å². The van der Waals surface area contributed by atoms with Gasteiger partial charge in [0.25, 0.3) is 5.91 Å². The largest absolute Gasteiger partial charge is 0.329 e. The normalized spacial score (nSPS) is 13.6. The van der Waals surface area contributed by atoms with Gasteiger partial charge in [-0.15, -0.1) is 10.2 Å². The fraction of sp³-hybridized carbons (Fsp3) is 0.222. The maximum atomic E-state index is 13.8. The summed E-state index contributed by atoms with van der Waals surface area (Å²) in [6.07, 6.45) is 1.10. The van der Waals surface area contributed by atoms with E-state index in [1.165, 1.54) is 30.0 Å². The first-order valence-electron chi connectivity index (χ1n) is 8.23. The molecule has 0 N–H and O–H groups in total. The first kappa shape index (κ1) is 17.2. The number of halogens is 3. The highest BCUT2D eigenvalue weighted by molar-refractivity contribution is 5.95. The van der Waals surface area contributed by atoms with Crippen LogP contribution in [0.15, 0.2) is 30.5 Å². The van der Waals surface area contributed by atoms with Crippen LogP contribution in [-0.4, -0.2) is 37.1 Å². The summed E-state index contributed by atoms with van der Waals surface area (Å²) in [5.41, 5.74) is 0.567. The highest BCUT2D eigenvalue weighted by Gasteiger charge is 2.27. The number of hydrogen-bond donors (Lipinski definition) is 0. The van der Waals surface area contributed by atoms with E-state index in [-0.39, 0.29) is 17.7 Å². The Hall–Kier alpha value is -3.23. The number of amides is 1. The molecule has 0 spiro atoms. The van der Waals surface area contributed by atoms with E-state index < -0.39 is 23.4 Å². The Kier molecular flexibility index (Phi) is 4.14. The lowest BCUT2D eigenvalue weighted by molar-refractivity contribution is 0.0706. The first-order chi connectivity index (χ1) is 13.0. The monoisotopic (exact) mass is 373 g/mol. The Morgan fingerprint density at radius 3 is 2.63 bits per heavy atom. The van der Waals surface area contributed by atoms with E-state index in [1.54, 1.807) is 0 Å². The molecule has 0 atom stereocenters. The quantitative estimate of drug-likeness (QED) is 0.693. The maximum absolute atomic E-state index is 13.8. The fourth-order valence-corrected chi connectivity index (χ4v) is 3.08. The summed E-state index contributed by atoms with van der Waals surface area (Å²) in [7, 11) is 0. The number of hydrogen-bond acceptors (Lipinski definition) is 4. The number of aromatic nitrogens is 4. The Morgan fingerprint density at radius 1 is 1.07 bits per heavy atom. The highest BCUT2D eigenvalue weighted by Crippen LogP contribution is 2.23. The van der Waals surface area contributed by atoms with Crippen molar-refractivity contribution in [1.82, 2.24) is 24.6 Å². The van der Waals surface area contributed by atoms with Crippen molar-refractivity contribution in [1.29, 1.82) is 0 Å². The number of pyridine rings is 1. The van der Waals surface area contributed by atoms with E-state index in [0.29, 0.717) is 30.4 Å². The van der Waals surface area contributed by atoms with E-state index in [2.05, 4.69) is 15.2 Å². The summed E-state index contributed by atoms with van der Waals surface area (Å²) in [6.45, 7) is 2.30. The number of benzene rings is 1. The molecule has 3 heterocycles. The molecule has 138 valence electrons. The molecule has 1 aliphatic heterocycles. The van der Waals surface area contributed by atoms with Crippen molar-refractivity contribution in [3.63, 3.8) is 0 Å². The molecule has 6 nitrogen and oxygen atoms in total. The van der Waals surface area contributed by atoms with Gasteiger partial charge in [0.15, 0.2) is 23.3 Å². The molecule has 0 saturated heterocycles. The van der Waals surface area contributed by atoms with Gasteiger partial charge in [0.1, 0.15) is 11.5 Å². The Bertz CT molecular complexity index is 1030. The van der Waals surface area contributed by atoms with Crippen molar-refractivity contribution >= 4 is 5.91 Å². The number of carbonyl (C=O) groups is 1. The molecular formula is C18H14F3N5O. The minimum atomic E-state index is -1.02. The molecular weight excluding hydrogens is 359 g/mol. The zero-order valence-electron chi connectivity index (χ0n) is 14.3. The summed E-state index contributed by atoms with van der Waals surface area (Å²) in [5.74, 6) is -1.83. The third-order valence-corrected chi connectivity index (χ3v) is 4.57. The lowest BCUT2D eigenvalue weighted by Crippen LogP contribution is -2.39. The van der Waals surface area contributed by atoms with Crippen molar-refractivity contribution in [2.75, 3.05) is 6.54 Å². The average molecular weight is 373 g/mol. The van der Waals surface area contributed by atoms with E-state index in [4.69, 9.17) is 0 Å². The molecule has 27 heavy (non-hydrogen) atoms. The lowest BCUT2D eigenvalue weighted by atomic mass is 10.1. The van der Waals surface area contributed by atoms with Gasteiger partial charge in [0.05, 0.1) is 12.7 Å². The summed E-state index contributed by atoms with van der Waals surface area (Å²) >= 11 is 0. The van der Waals surface area contributed by atoms with Gasteiger partial charge in [-0.2, -0.15) is 0 Å². The predicted molar refractivity (Wildman–Crippen MR) is 89.0 cm³/mol. The van der Waals surface area contributed by atoms with Gasteiger partial charge in [-0.05, 0) is 31.2 Å². The number of nitrogens with zero attached hydrogens (tertiary/aromatic N) is 5. The molecule has 4 rings (SSSR count). The van der Waals surface area contributed by atoms with Crippen LogP contribution in [0.5, 0.6) is 0 Å². The van der Waals surface area contributed by atoms with Gasteiger partial charge in [-0.3, -0.25) is 4.79 Å². The van der Waals surface area contributed by atoms with Crippen LogP contribution in [0.3, 0.4) is 0 Å². The van der Waals surface area contributed by atoms with E-state index in [9.17, 15) is 18.0 Å². The SMILES string of the molecule is Cc1c(C(=O)N2CCn3c(nnc3-c3ccc(F)cn3)C2)ccc(F)c1F. The molecule has 0 aliphatic carbocycles. The Morgan fingerprint density at radius 2 is 1.89 bits per heavy atom. The molecule has 1 amide bonds. The van der Waals surface area contributed by atoms with Crippen LogP contribution in [-0.2, 0) is 13.1 Å². The van der Waals surface area contributed by atoms with E-state index in [0.717, 1.165) is 12.3 Å². The molecule has 0 bridgehead atoms. The molecule has 3 aromatic rings. The molecule has 1 aromatic carbocycles. The minimum Gasteiger partial charge on any atom is -0.329 e. The summed E-state index contributed by atoms with van der Waals surface area (Å²) < 4.78 is 41.9. The molecule has 2 aromatic heterocycles. The lowest BCUT2D eigenvalue weighted by Gasteiger charge is -2.28. The smallest absolute Gasteiger partial charge is 0.254 e. The first-order valence-corrected chi connectivity index (χ1v) is 8.23. The number of rotatable bonds is 2. The second-order valence-electron chi connectivity index (χ2n) is 6.21. The van der Waals surface area contributed by atoms with Gasteiger partial charge in [-0.1, -0.05) is 0 Å². The maximum Gasteiger partial charge on any atom is 0.254 e. The second kappa shape index (κ2) is 6.49. The highest BCUT2D eigenvalue weighted by atomic mass is 19.2. The van der Waals surface area contributed by atoms with Gasteiger partial charge < -0.3 is 9.47 Å². The van der Waals surface area contributed by atoms with Crippen molar-refractivity contribution < 1.29 is 18.0 Å². The van der Waals surface area contributed by atoms with Crippen LogP contribution < -0.4 is 0 Å². The van der Waals surface area contributed by atoms with Crippen molar-refractivity contribution in [2.45, 2.75) is 20.0 Å². The Labute approximate surface area is 152 Å². The summed E-state index contributed by atoms with van der Waals surface area (Å²) in [5, 5.41) is 8.18. The van der Waals surface area contributed by atoms with Crippen LogP contribution in [0.25, 0.3) is 11.5 Å². The number of carbonyl (C=O) groups excluding carboxylic acids is 1. The molecule has 0 saturated carbocycles. The molecule has 0 fully saturated rings. The van der Waals surface area contributed by atoms with Crippen LogP contribution in [0.4, 0.5) is 13.2 Å². The van der Waals surface area contributed by atoms with Crippen LogP contribution >= 0.6 is 0 Å². The third-order valence-electron chi connectivity index (χ3n) is 4.57. The van der Waals surface area contributed by atoms with Crippen molar-refractivity contribution in [3.05, 3.63) is 64.9 Å². The predicted octanol–water partition coefficient (Wildman–Crippen LogP) is 2.72. The zero-order chi connectivity index (χ0) is 19.1. The fourth-order valence-electron chi connectivity index (χ4n) is 3.08. The second-order valence-corrected chi connectivity index (χ2v) is 6.21.